The fraction of sp³-hybridized carbons (Fsp3) is 0.545. The average molecular weight is 438 g/mol. The Morgan fingerprint density at radius 2 is 2.06 bits per heavy atom. The van der Waals surface area contributed by atoms with Crippen molar-refractivity contribution in [2.45, 2.75) is 52.5 Å². The quantitative estimate of drug-likeness (QED) is 0.490. The molecule has 1 atom stereocenters. The number of carbonyl (C=O) groups excluding carboxylic acids is 1. The van der Waals surface area contributed by atoms with E-state index >= 15 is 0 Å². The number of anilines is 3. The molecule has 10 nitrogen and oxygen atoms in total. The summed E-state index contributed by atoms with van der Waals surface area (Å²) in [6, 6.07) is 4.16. The van der Waals surface area contributed by atoms with E-state index in [2.05, 4.69) is 62.2 Å². The third-order valence-corrected chi connectivity index (χ3v) is 5.03. The number of piperidine rings is 1. The van der Waals surface area contributed by atoms with Crippen LogP contribution in [0.3, 0.4) is 0 Å². The monoisotopic (exact) mass is 437 g/mol. The van der Waals surface area contributed by atoms with Crippen LogP contribution in [0.2, 0.25) is 0 Å². The lowest BCUT2D eigenvalue weighted by Crippen LogP contribution is -2.35. The molecule has 0 aromatic carbocycles. The molecule has 0 radical (unpaired) electrons. The largest absolute Gasteiger partial charge is 0.383 e. The van der Waals surface area contributed by atoms with Gasteiger partial charge in [0.05, 0.1) is 18.1 Å². The average Bonchev–Trinajstić information content (AvgIpc) is 2.78. The summed E-state index contributed by atoms with van der Waals surface area (Å²) < 4.78 is 0. The first-order valence-corrected chi connectivity index (χ1v) is 11.0. The first kappa shape index (κ1) is 23.3. The van der Waals surface area contributed by atoms with Crippen LogP contribution >= 0.6 is 0 Å². The SMILES string of the molecule is CC(C)(C)CNC(=O)c1nnc(Nc2cnc(C#N)cn2)cc1NCCC1CCCCN1. The van der Waals surface area contributed by atoms with Crippen LogP contribution in [0.15, 0.2) is 18.5 Å². The van der Waals surface area contributed by atoms with Crippen molar-refractivity contribution in [1.29, 1.82) is 5.26 Å². The van der Waals surface area contributed by atoms with Gasteiger partial charge in [0, 0.05) is 25.2 Å². The third kappa shape index (κ3) is 7.13. The number of amides is 1. The Morgan fingerprint density at radius 1 is 1.22 bits per heavy atom. The van der Waals surface area contributed by atoms with Gasteiger partial charge in [0.1, 0.15) is 11.9 Å². The minimum atomic E-state index is -0.268. The lowest BCUT2D eigenvalue weighted by molar-refractivity contribution is 0.0934. The lowest BCUT2D eigenvalue weighted by Gasteiger charge is -2.24. The van der Waals surface area contributed by atoms with Crippen LogP contribution in [0.1, 0.15) is 62.6 Å². The van der Waals surface area contributed by atoms with Crippen LogP contribution < -0.4 is 21.3 Å². The van der Waals surface area contributed by atoms with E-state index in [1.165, 1.54) is 31.7 Å². The van der Waals surface area contributed by atoms with Gasteiger partial charge in [-0.15, -0.1) is 10.2 Å². The van der Waals surface area contributed by atoms with Crippen molar-refractivity contribution in [1.82, 2.24) is 30.8 Å². The van der Waals surface area contributed by atoms with Gasteiger partial charge in [-0.25, -0.2) is 9.97 Å². The second-order valence-electron chi connectivity index (χ2n) is 9.12. The minimum Gasteiger partial charge on any atom is -0.383 e. The molecule has 0 bridgehead atoms. The minimum absolute atomic E-state index is 0.0426. The molecule has 170 valence electrons. The van der Waals surface area contributed by atoms with Crippen molar-refractivity contribution in [2.75, 3.05) is 30.3 Å². The van der Waals surface area contributed by atoms with Crippen molar-refractivity contribution in [2.24, 2.45) is 5.41 Å². The van der Waals surface area contributed by atoms with Crippen LogP contribution in [0.25, 0.3) is 0 Å². The zero-order valence-corrected chi connectivity index (χ0v) is 18.9. The van der Waals surface area contributed by atoms with Crippen LogP contribution in [-0.4, -0.2) is 51.7 Å². The maximum Gasteiger partial charge on any atom is 0.273 e. The number of aromatic nitrogens is 4. The highest BCUT2D eigenvalue weighted by molar-refractivity contribution is 5.97. The van der Waals surface area contributed by atoms with Gasteiger partial charge < -0.3 is 21.3 Å². The van der Waals surface area contributed by atoms with E-state index in [4.69, 9.17) is 5.26 Å². The highest BCUT2D eigenvalue weighted by Crippen LogP contribution is 2.20. The van der Waals surface area contributed by atoms with Gasteiger partial charge in [-0.05, 0) is 31.2 Å². The number of carbonyl (C=O) groups is 1. The summed E-state index contributed by atoms with van der Waals surface area (Å²) in [5, 5.41) is 30.0. The summed E-state index contributed by atoms with van der Waals surface area (Å²) in [7, 11) is 0. The Morgan fingerprint density at radius 3 is 2.72 bits per heavy atom. The molecule has 0 aliphatic carbocycles. The van der Waals surface area contributed by atoms with Gasteiger partial charge >= 0.3 is 0 Å². The molecule has 2 aromatic heterocycles. The van der Waals surface area contributed by atoms with Gasteiger partial charge in [-0.2, -0.15) is 5.26 Å². The van der Waals surface area contributed by atoms with E-state index in [1.807, 2.05) is 6.07 Å². The number of nitrogens with zero attached hydrogens (tertiary/aromatic N) is 5. The molecular formula is C22H31N9O. The molecule has 1 amide bonds. The number of nitrogens with one attached hydrogen (secondary N) is 4. The maximum atomic E-state index is 12.8. The molecular weight excluding hydrogens is 406 g/mol. The Bertz CT molecular complexity index is 941. The first-order chi connectivity index (χ1) is 15.3. The predicted octanol–water partition coefficient (Wildman–Crippen LogP) is 2.60. The number of hydrogen-bond acceptors (Lipinski definition) is 9. The number of hydrogen-bond donors (Lipinski definition) is 4. The van der Waals surface area contributed by atoms with Crippen LogP contribution in [0, 0.1) is 16.7 Å². The Kier molecular flexibility index (Phi) is 7.89. The van der Waals surface area contributed by atoms with E-state index in [0.29, 0.717) is 36.5 Å². The van der Waals surface area contributed by atoms with Gasteiger partial charge in [0.2, 0.25) is 0 Å². The van der Waals surface area contributed by atoms with Crippen molar-refractivity contribution < 1.29 is 4.79 Å². The molecule has 10 heteroatoms. The summed E-state index contributed by atoms with van der Waals surface area (Å²) in [6.07, 6.45) is 7.42. The lowest BCUT2D eigenvalue weighted by atomic mass is 9.97. The van der Waals surface area contributed by atoms with Gasteiger partial charge in [0.15, 0.2) is 17.2 Å². The summed E-state index contributed by atoms with van der Waals surface area (Å²) in [6.45, 7) is 8.46. The summed E-state index contributed by atoms with van der Waals surface area (Å²) in [5.74, 6) is 0.589. The molecule has 1 aliphatic rings. The van der Waals surface area contributed by atoms with Crippen molar-refractivity contribution in [3.63, 3.8) is 0 Å². The smallest absolute Gasteiger partial charge is 0.273 e. The van der Waals surface area contributed by atoms with E-state index in [0.717, 1.165) is 13.0 Å². The second kappa shape index (κ2) is 10.8. The molecule has 1 fully saturated rings. The molecule has 1 saturated heterocycles. The number of nitriles is 1. The van der Waals surface area contributed by atoms with Gasteiger partial charge in [-0.1, -0.05) is 27.2 Å². The van der Waals surface area contributed by atoms with E-state index < -0.39 is 0 Å². The van der Waals surface area contributed by atoms with E-state index in [1.54, 1.807) is 6.07 Å². The van der Waals surface area contributed by atoms with Crippen LogP contribution in [-0.2, 0) is 0 Å². The van der Waals surface area contributed by atoms with Crippen molar-refractivity contribution in [3.05, 3.63) is 29.8 Å². The van der Waals surface area contributed by atoms with Crippen molar-refractivity contribution in [3.8, 4) is 6.07 Å². The van der Waals surface area contributed by atoms with E-state index in [9.17, 15) is 4.79 Å². The van der Waals surface area contributed by atoms with E-state index in [-0.39, 0.29) is 22.7 Å². The molecule has 0 spiro atoms. The molecule has 2 aromatic rings. The van der Waals surface area contributed by atoms with Gasteiger partial charge in [-0.3, -0.25) is 4.79 Å². The normalized spacial score (nSPS) is 16.1. The van der Waals surface area contributed by atoms with Crippen molar-refractivity contribution >= 4 is 23.2 Å². The topological polar surface area (TPSA) is 141 Å². The van der Waals surface area contributed by atoms with Crippen LogP contribution in [0.5, 0.6) is 0 Å². The van der Waals surface area contributed by atoms with Gasteiger partial charge in [0.25, 0.3) is 5.91 Å². The Balaban J connectivity index is 1.73. The highest BCUT2D eigenvalue weighted by Gasteiger charge is 2.19. The zero-order chi connectivity index (χ0) is 23.0. The Labute approximate surface area is 188 Å². The molecule has 1 unspecified atom stereocenters. The maximum absolute atomic E-state index is 12.8. The summed E-state index contributed by atoms with van der Waals surface area (Å²) in [5.41, 5.74) is 1.04. The molecule has 32 heavy (non-hydrogen) atoms. The summed E-state index contributed by atoms with van der Waals surface area (Å²) >= 11 is 0. The third-order valence-electron chi connectivity index (χ3n) is 5.03. The second-order valence-corrected chi connectivity index (χ2v) is 9.12. The number of rotatable bonds is 8. The fourth-order valence-electron chi connectivity index (χ4n) is 3.32. The van der Waals surface area contributed by atoms with Crippen LogP contribution in [0.4, 0.5) is 17.3 Å². The predicted molar refractivity (Wildman–Crippen MR) is 123 cm³/mol. The standard InChI is InChI=1S/C22H31N9O/c1-22(2,3)14-28-21(32)20-17(25-9-7-15-6-4-5-8-24-15)10-18(30-31-20)29-19-13-26-16(11-23)12-27-19/h10,12-13,15,24H,4-9,14H2,1-3H3,(H,28,32)(H2,25,27,29,30). The summed E-state index contributed by atoms with van der Waals surface area (Å²) in [4.78, 5) is 20.9. The molecule has 3 rings (SSSR count). The first-order valence-electron chi connectivity index (χ1n) is 11.0. The molecule has 0 saturated carbocycles. The zero-order valence-electron chi connectivity index (χ0n) is 18.9. The molecule has 1 aliphatic heterocycles. The molecule has 3 heterocycles. The molecule has 4 N–H and O–H groups in total. The highest BCUT2D eigenvalue weighted by atomic mass is 16.1. The fourth-order valence-corrected chi connectivity index (χ4v) is 3.32. The Hall–Kier alpha value is -3.32.